The summed E-state index contributed by atoms with van der Waals surface area (Å²) in [7, 11) is 0. The van der Waals surface area contributed by atoms with Gasteiger partial charge in [0.25, 0.3) is 0 Å². The van der Waals surface area contributed by atoms with E-state index in [0.29, 0.717) is 5.76 Å². The van der Waals surface area contributed by atoms with Gasteiger partial charge in [-0.1, -0.05) is 24.8 Å². The minimum Gasteiger partial charge on any atom is -0.486 e. The fourth-order valence-corrected chi connectivity index (χ4v) is 0.516. The predicted octanol–water partition coefficient (Wildman–Crippen LogP) is 2.24. The summed E-state index contributed by atoms with van der Waals surface area (Å²) < 4.78 is 4.99. The summed E-state index contributed by atoms with van der Waals surface area (Å²) in [5, 5.41) is 0. The van der Waals surface area contributed by atoms with Crippen molar-refractivity contribution < 1.29 is 9.53 Å². The number of rotatable bonds is 5. The molecule has 0 aromatic heterocycles. The molecule has 0 rings (SSSR count). The molecule has 0 bridgehead atoms. The van der Waals surface area contributed by atoms with Crippen LogP contribution in [0.1, 0.15) is 13.8 Å². The van der Waals surface area contributed by atoms with E-state index in [4.69, 9.17) is 4.74 Å². The molecular weight excluding hydrogens is 152 g/mol. The van der Waals surface area contributed by atoms with Crippen molar-refractivity contribution in [2.45, 2.75) is 13.8 Å². The summed E-state index contributed by atoms with van der Waals surface area (Å²) in [6.45, 7) is 7.09. The Morgan fingerprint density at radius 1 is 1.50 bits per heavy atom. The van der Waals surface area contributed by atoms with Crippen molar-refractivity contribution in [3.05, 3.63) is 36.6 Å². The average molecular weight is 166 g/mol. The largest absolute Gasteiger partial charge is 0.486 e. The molecule has 12 heavy (non-hydrogen) atoms. The van der Waals surface area contributed by atoms with Crippen LogP contribution in [0.2, 0.25) is 0 Å². The van der Waals surface area contributed by atoms with Gasteiger partial charge in [-0.25, -0.2) is 0 Å². The fourth-order valence-electron chi connectivity index (χ4n) is 0.516. The fraction of sp³-hybridized carbons (Fsp3) is 0.300. The Hall–Kier alpha value is -1.31. The van der Waals surface area contributed by atoms with Crippen LogP contribution in [-0.2, 0) is 9.53 Å². The van der Waals surface area contributed by atoms with Crippen LogP contribution in [0.5, 0.6) is 0 Å². The Kier molecular flexibility index (Phi) is 5.70. The van der Waals surface area contributed by atoms with Crippen LogP contribution >= 0.6 is 0 Å². The molecule has 0 saturated carbocycles. The maximum Gasteiger partial charge on any atom is 0.167 e. The molecule has 0 aliphatic heterocycles. The summed E-state index contributed by atoms with van der Waals surface area (Å²) in [5.41, 5.74) is 0. The normalized spacial score (nSPS) is 10.8. The lowest BCUT2D eigenvalue weighted by atomic mass is 10.4. The zero-order valence-corrected chi connectivity index (χ0v) is 7.54. The van der Waals surface area contributed by atoms with Crippen molar-refractivity contribution >= 4 is 5.78 Å². The summed E-state index contributed by atoms with van der Waals surface area (Å²) in [6, 6.07) is 0. The SMILES string of the molecule is C=C(/C=C\C=C/C)OCC(C)=O. The molecule has 0 heterocycles. The zero-order valence-electron chi connectivity index (χ0n) is 7.54. The van der Waals surface area contributed by atoms with E-state index >= 15 is 0 Å². The molecule has 0 unspecified atom stereocenters. The minimum atomic E-state index is -0.00409. The Balaban J connectivity index is 3.67. The first-order chi connectivity index (χ1) is 5.66. The predicted molar refractivity (Wildman–Crippen MR) is 49.7 cm³/mol. The molecule has 0 aromatic rings. The first-order valence-electron chi connectivity index (χ1n) is 3.77. The Labute approximate surface area is 73.2 Å². The molecule has 2 nitrogen and oxygen atoms in total. The van der Waals surface area contributed by atoms with Crippen molar-refractivity contribution in [2.24, 2.45) is 0 Å². The van der Waals surface area contributed by atoms with E-state index in [9.17, 15) is 4.79 Å². The van der Waals surface area contributed by atoms with Gasteiger partial charge in [0, 0.05) is 0 Å². The Morgan fingerprint density at radius 2 is 2.17 bits per heavy atom. The number of carbonyl (C=O) groups is 1. The van der Waals surface area contributed by atoms with Crippen LogP contribution in [0.25, 0.3) is 0 Å². The topological polar surface area (TPSA) is 26.3 Å². The number of Topliss-reactive ketones (excluding diaryl/α,β-unsaturated/α-hetero) is 1. The summed E-state index contributed by atoms with van der Waals surface area (Å²) in [4.78, 5) is 10.5. The van der Waals surface area contributed by atoms with Gasteiger partial charge in [-0.15, -0.1) is 0 Å². The second-order valence-corrected chi connectivity index (χ2v) is 2.34. The molecule has 0 saturated heterocycles. The molecule has 2 heteroatoms. The molecular formula is C10H14O2. The van der Waals surface area contributed by atoms with Crippen molar-refractivity contribution in [1.82, 2.24) is 0 Å². The van der Waals surface area contributed by atoms with Gasteiger partial charge in [0.1, 0.15) is 12.4 Å². The van der Waals surface area contributed by atoms with Crippen molar-refractivity contribution in [3.63, 3.8) is 0 Å². The van der Waals surface area contributed by atoms with Gasteiger partial charge in [-0.3, -0.25) is 4.79 Å². The van der Waals surface area contributed by atoms with Crippen LogP contribution in [0.15, 0.2) is 36.6 Å². The quantitative estimate of drug-likeness (QED) is 0.462. The standard InChI is InChI=1S/C10H14O2/c1-4-5-6-7-10(3)12-8-9(2)11/h4-7H,3,8H2,1-2H3/b5-4-,7-6-. The van der Waals surface area contributed by atoms with Crippen molar-refractivity contribution in [3.8, 4) is 0 Å². The number of hydrogen-bond acceptors (Lipinski definition) is 2. The highest BCUT2D eigenvalue weighted by Gasteiger charge is 1.92. The highest BCUT2D eigenvalue weighted by molar-refractivity contribution is 5.76. The molecule has 0 aliphatic rings. The Morgan fingerprint density at radius 3 is 2.67 bits per heavy atom. The highest BCUT2D eigenvalue weighted by Crippen LogP contribution is 1.95. The number of carbonyl (C=O) groups excluding carboxylic acids is 1. The van der Waals surface area contributed by atoms with Gasteiger partial charge in [0.15, 0.2) is 5.78 Å². The molecule has 0 radical (unpaired) electrons. The third-order valence-electron chi connectivity index (χ3n) is 1.05. The summed E-state index contributed by atoms with van der Waals surface area (Å²) >= 11 is 0. The van der Waals surface area contributed by atoms with Gasteiger partial charge in [0.05, 0.1) is 0 Å². The molecule has 0 fully saturated rings. The first-order valence-corrected chi connectivity index (χ1v) is 3.77. The number of ether oxygens (including phenoxy) is 1. The van der Waals surface area contributed by atoms with Crippen LogP contribution in [0.3, 0.4) is 0 Å². The van der Waals surface area contributed by atoms with Gasteiger partial charge in [0.2, 0.25) is 0 Å². The van der Waals surface area contributed by atoms with Crippen LogP contribution in [0, 0.1) is 0 Å². The first kappa shape index (κ1) is 10.7. The van der Waals surface area contributed by atoms with Gasteiger partial charge < -0.3 is 4.74 Å². The van der Waals surface area contributed by atoms with Gasteiger partial charge in [-0.2, -0.15) is 0 Å². The van der Waals surface area contributed by atoms with E-state index in [-0.39, 0.29) is 12.4 Å². The third-order valence-corrected chi connectivity index (χ3v) is 1.05. The van der Waals surface area contributed by atoms with E-state index in [2.05, 4.69) is 6.58 Å². The third kappa shape index (κ3) is 6.81. The van der Waals surface area contributed by atoms with E-state index in [1.165, 1.54) is 6.92 Å². The summed E-state index contributed by atoms with van der Waals surface area (Å²) in [6.07, 6.45) is 7.28. The minimum absolute atomic E-state index is 0.00409. The van der Waals surface area contributed by atoms with E-state index in [1.54, 1.807) is 6.08 Å². The average Bonchev–Trinajstić information content (AvgIpc) is 2.01. The molecule has 0 aromatic carbocycles. The van der Waals surface area contributed by atoms with Gasteiger partial charge in [-0.05, 0) is 19.9 Å². The molecule has 0 N–H and O–H groups in total. The highest BCUT2D eigenvalue weighted by atomic mass is 16.5. The van der Waals surface area contributed by atoms with Crippen LogP contribution < -0.4 is 0 Å². The monoisotopic (exact) mass is 166 g/mol. The van der Waals surface area contributed by atoms with Crippen LogP contribution in [-0.4, -0.2) is 12.4 Å². The van der Waals surface area contributed by atoms with E-state index in [0.717, 1.165) is 0 Å². The zero-order chi connectivity index (χ0) is 9.40. The van der Waals surface area contributed by atoms with Crippen molar-refractivity contribution in [2.75, 3.05) is 6.61 Å². The molecule has 0 spiro atoms. The number of allylic oxidation sites excluding steroid dienone is 4. The molecule has 66 valence electrons. The second-order valence-electron chi connectivity index (χ2n) is 2.34. The Bertz CT molecular complexity index is 212. The smallest absolute Gasteiger partial charge is 0.167 e. The maximum absolute atomic E-state index is 10.5. The lowest BCUT2D eigenvalue weighted by Gasteiger charge is -2.00. The van der Waals surface area contributed by atoms with Crippen LogP contribution in [0.4, 0.5) is 0 Å². The maximum atomic E-state index is 10.5. The van der Waals surface area contributed by atoms with Gasteiger partial charge >= 0.3 is 0 Å². The number of hydrogen-bond donors (Lipinski definition) is 0. The lowest BCUT2D eigenvalue weighted by molar-refractivity contribution is -0.120. The second kappa shape index (κ2) is 6.40. The molecule has 0 aliphatic carbocycles. The van der Waals surface area contributed by atoms with E-state index in [1.807, 2.05) is 25.2 Å². The van der Waals surface area contributed by atoms with E-state index < -0.39 is 0 Å². The molecule has 0 amide bonds. The summed E-state index contributed by atoms with van der Waals surface area (Å²) in [5.74, 6) is 0.499. The lowest BCUT2D eigenvalue weighted by Crippen LogP contribution is -2.01. The number of ketones is 1. The molecule has 0 atom stereocenters. The van der Waals surface area contributed by atoms with Crippen molar-refractivity contribution in [1.29, 1.82) is 0 Å².